The number of rotatable bonds is 6. The molecule has 0 spiro atoms. The first-order chi connectivity index (χ1) is 8.47. The summed E-state index contributed by atoms with van der Waals surface area (Å²) in [6.45, 7) is 7.19. The molecule has 0 atom stereocenters. The fraction of sp³-hybridized carbons (Fsp3) is 0.538. The first-order valence-corrected chi connectivity index (χ1v) is 7.71. The van der Waals surface area contributed by atoms with Crippen LogP contribution in [0.4, 0.5) is 0 Å². The molecule has 0 bridgehead atoms. The van der Waals surface area contributed by atoms with Crippen molar-refractivity contribution in [3.05, 3.63) is 29.3 Å². The highest BCUT2D eigenvalue weighted by Crippen LogP contribution is 2.19. The molecule has 0 amide bonds. The first kappa shape index (κ1) is 15.1. The molecule has 0 saturated heterocycles. The van der Waals surface area contributed by atoms with Crippen LogP contribution in [0.15, 0.2) is 23.1 Å². The molecular weight excluding hydrogens is 248 g/mol. The van der Waals surface area contributed by atoms with Gasteiger partial charge in [-0.25, -0.2) is 8.42 Å². The molecule has 0 heterocycles. The minimum atomic E-state index is -3.37. The Morgan fingerprint density at radius 3 is 2.39 bits per heavy atom. The second kappa shape index (κ2) is 6.31. The third kappa shape index (κ3) is 3.10. The van der Waals surface area contributed by atoms with Crippen LogP contribution in [0.3, 0.4) is 0 Å². The van der Waals surface area contributed by atoms with E-state index in [9.17, 15) is 8.42 Å². The van der Waals surface area contributed by atoms with Crippen LogP contribution in [-0.4, -0.2) is 25.8 Å². The summed E-state index contributed by atoms with van der Waals surface area (Å²) in [7, 11) is -3.37. The zero-order chi connectivity index (χ0) is 13.8. The lowest BCUT2D eigenvalue weighted by Crippen LogP contribution is -2.31. The SMILES string of the molecule is CCCN(CC)S(=O)(=O)c1ccc(CN)c(C)c1. The Hall–Kier alpha value is -0.910. The fourth-order valence-electron chi connectivity index (χ4n) is 1.90. The van der Waals surface area contributed by atoms with E-state index in [2.05, 4.69) is 0 Å². The number of hydrogen-bond acceptors (Lipinski definition) is 3. The molecule has 1 aromatic carbocycles. The van der Waals surface area contributed by atoms with Crippen molar-refractivity contribution in [2.75, 3.05) is 13.1 Å². The maximum absolute atomic E-state index is 12.4. The molecular formula is C13H22N2O2S. The first-order valence-electron chi connectivity index (χ1n) is 6.27. The molecule has 0 aromatic heterocycles. The van der Waals surface area contributed by atoms with Gasteiger partial charge in [-0.2, -0.15) is 4.31 Å². The minimum absolute atomic E-state index is 0.354. The smallest absolute Gasteiger partial charge is 0.243 e. The van der Waals surface area contributed by atoms with Gasteiger partial charge in [-0.05, 0) is 36.6 Å². The molecule has 102 valence electrons. The molecule has 0 aliphatic rings. The van der Waals surface area contributed by atoms with Crippen molar-refractivity contribution in [1.82, 2.24) is 4.31 Å². The van der Waals surface area contributed by atoms with Gasteiger partial charge in [0.25, 0.3) is 0 Å². The van der Waals surface area contributed by atoms with Gasteiger partial charge in [0.15, 0.2) is 0 Å². The summed E-state index contributed by atoms with van der Waals surface area (Å²) in [6, 6.07) is 5.14. The van der Waals surface area contributed by atoms with Crippen LogP contribution in [0.2, 0.25) is 0 Å². The van der Waals surface area contributed by atoms with E-state index in [0.717, 1.165) is 17.5 Å². The van der Waals surface area contributed by atoms with Crippen molar-refractivity contribution in [1.29, 1.82) is 0 Å². The predicted molar refractivity (Wildman–Crippen MR) is 73.8 cm³/mol. The van der Waals surface area contributed by atoms with E-state index in [1.807, 2.05) is 20.8 Å². The topological polar surface area (TPSA) is 63.4 Å². The summed E-state index contributed by atoms with van der Waals surface area (Å²) in [6.07, 6.45) is 0.812. The van der Waals surface area contributed by atoms with Crippen LogP contribution in [0.25, 0.3) is 0 Å². The van der Waals surface area contributed by atoms with Gasteiger partial charge in [0.2, 0.25) is 10.0 Å². The quantitative estimate of drug-likeness (QED) is 0.858. The van der Waals surface area contributed by atoms with Crippen LogP contribution in [0.5, 0.6) is 0 Å². The molecule has 4 nitrogen and oxygen atoms in total. The Morgan fingerprint density at radius 1 is 1.28 bits per heavy atom. The van der Waals surface area contributed by atoms with Crippen LogP contribution in [0, 0.1) is 6.92 Å². The summed E-state index contributed by atoms with van der Waals surface area (Å²) in [5.74, 6) is 0. The van der Waals surface area contributed by atoms with Crippen molar-refractivity contribution in [2.24, 2.45) is 5.73 Å². The molecule has 0 aliphatic heterocycles. The highest BCUT2D eigenvalue weighted by Gasteiger charge is 2.22. The summed E-state index contributed by atoms with van der Waals surface area (Å²) in [5.41, 5.74) is 7.49. The maximum Gasteiger partial charge on any atom is 0.243 e. The second-order valence-corrected chi connectivity index (χ2v) is 6.23. The average Bonchev–Trinajstić information content (AvgIpc) is 2.35. The number of aryl methyl sites for hydroxylation is 1. The molecule has 0 fully saturated rings. The number of sulfonamides is 1. The Balaban J connectivity index is 3.15. The summed E-state index contributed by atoms with van der Waals surface area (Å²) in [4.78, 5) is 0.354. The molecule has 1 rings (SSSR count). The summed E-state index contributed by atoms with van der Waals surface area (Å²) >= 11 is 0. The van der Waals surface area contributed by atoms with Gasteiger partial charge in [0.1, 0.15) is 0 Å². The van der Waals surface area contributed by atoms with Crippen molar-refractivity contribution in [2.45, 2.75) is 38.6 Å². The monoisotopic (exact) mass is 270 g/mol. The number of nitrogens with zero attached hydrogens (tertiary/aromatic N) is 1. The number of benzene rings is 1. The van der Waals surface area contributed by atoms with E-state index >= 15 is 0 Å². The van der Waals surface area contributed by atoms with Gasteiger partial charge < -0.3 is 5.73 Å². The Morgan fingerprint density at radius 2 is 1.94 bits per heavy atom. The lowest BCUT2D eigenvalue weighted by atomic mass is 10.1. The summed E-state index contributed by atoms with van der Waals surface area (Å²) in [5, 5.41) is 0. The second-order valence-electron chi connectivity index (χ2n) is 4.29. The van der Waals surface area contributed by atoms with E-state index in [4.69, 9.17) is 5.73 Å². The summed E-state index contributed by atoms with van der Waals surface area (Å²) < 4.78 is 26.3. The lowest BCUT2D eigenvalue weighted by Gasteiger charge is -2.20. The van der Waals surface area contributed by atoms with Gasteiger partial charge in [-0.3, -0.25) is 0 Å². The third-order valence-electron chi connectivity index (χ3n) is 3.00. The van der Waals surface area contributed by atoms with Gasteiger partial charge in [0.05, 0.1) is 4.90 Å². The zero-order valence-electron chi connectivity index (χ0n) is 11.3. The van der Waals surface area contributed by atoms with Crippen molar-refractivity contribution in [3.8, 4) is 0 Å². The Labute approximate surface area is 110 Å². The third-order valence-corrected chi connectivity index (χ3v) is 4.97. The van der Waals surface area contributed by atoms with Crippen LogP contribution >= 0.6 is 0 Å². The van der Waals surface area contributed by atoms with Gasteiger partial charge >= 0.3 is 0 Å². The highest BCUT2D eigenvalue weighted by atomic mass is 32.2. The van der Waals surface area contributed by atoms with Gasteiger partial charge in [0, 0.05) is 19.6 Å². The van der Waals surface area contributed by atoms with Crippen molar-refractivity contribution < 1.29 is 8.42 Å². The lowest BCUT2D eigenvalue weighted by molar-refractivity contribution is 0.427. The minimum Gasteiger partial charge on any atom is -0.326 e. The van der Waals surface area contributed by atoms with E-state index in [1.165, 1.54) is 4.31 Å². The van der Waals surface area contributed by atoms with Gasteiger partial charge in [-0.15, -0.1) is 0 Å². The highest BCUT2D eigenvalue weighted by molar-refractivity contribution is 7.89. The molecule has 0 unspecified atom stereocenters. The van der Waals surface area contributed by atoms with Crippen molar-refractivity contribution >= 4 is 10.0 Å². The number of hydrogen-bond donors (Lipinski definition) is 1. The predicted octanol–water partition coefficient (Wildman–Crippen LogP) is 1.87. The zero-order valence-corrected chi connectivity index (χ0v) is 12.1. The fourth-order valence-corrected chi connectivity index (χ4v) is 3.53. The molecule has 5 heteroatoms. The van der Waals surface area contributed by atoms with E-state index in [1.54, 1.807) is 18.2 Å². The van der Waals surface area contributed by atoms with E-state index < -0.39 is 10.0 Å². The van der Waals surface area contributed by atoms with Crippen LogP contribution in [-0.2, 0) is 16.6 Å². The largest absolute Gasteiger partial charge is 0.326 e. The Bertz CT molecular complexity index is 498. The van der Waals surface area contributed by atoms with Crippen LogP contribution in [0.1, 0.15) is 31.4 Å². The van der Waals surface area contributed by atoms with E-state index in [0.29, 0.717) is 24.5 Å². The van der Waals surface area contributed by atoms with E-state index in [-0.39, 0.29) is 0 Å². The maximum atomic E-state index is 12.4. The van der Waals surface area contributed by atoms with Gasteiger partial charge in [-0.1, -0.05) is 19.9 Å². The molecule has 1 aromatic rings. The standard InChI is InChI=1S/C13H22N2O2S/c1-4-8-15(5-2)18(16,17)13-7-6-12(10-14)11(3)9-13/h6-7,9H,4-5,8,10,14H2,1-3H3. The molecule has 18 heavy (non-hydrogen) atoms. The number of nitrogens with two attached hydrogens (primary N) is 1. The molecule has 0 radical (unpaired) electrons. The van der Waals surface area contributed by atoms with Crippen molar-refractivity contribution in [3.63, 3.8) is 0 Å². The normalized spacial score (nSPS) is 12.1. The molecule has 0 saturated carbocycles. The molecule has 0 aliphatic carbocycles. The average molecular weight is 270 g/mol. The van der Waals surface area contributed by atoms with Crippen LogP contribution < -0.4 is 5.73 Å². The Kier molecular flexibility index (Phi) is 5.31. The molecule has 2 N–H and O–H groups in total.